The van der Waals surface area contributed by atoms with E-state index in [1.807, 2.05) is 30.3 Å². The molecule has 0 unspecified atom stereocenters. The first-order valence-electron chi connectivity index (χ1n) is 9.98. The summed E-state index contributed by atoms with van der Waals surface area (Å²) in [5.41, 5.74) is 2.76. The van der Waals surface area contributed by atoms with Crippen LogP contribution in [0, 0.1) is 0 Å². The van der Waals surface area contributed by atoms with Crippen LogP contribution in [0.4, 0.5) is 0 Å². The lowest BCUT2D eigenvalue weighted by atomic mass is 10.1. The highest BCUT2D eigenvalue weighted by molar-refractivity contribution is 6.30. The van der Waals surface area contributed by atoms with Crippen LogP contribution in [0.3, 0.4) is 0 Å². The average molecular weight is 395 g/mol. The van der Waals surface area contributed by atoms with E-state index >= 15 is 0 Å². The van der Waals surface area contributed by atoms with Gasteiger partial charge < -0.3 is 14.5 Å². The molecule has 1 heterocycles. The van der Waals surface area contributed by atoms with E-state index in [1.165, 1.54) is 37.3 Å². The Morgan fingerprint density at radius 2 is 1.25 bits per heavy atom. The lowest BCUT2D eigenvalue weighted by Gasteiger charge is -2.29. The van der Waals surface area contributed by atoms with E-state index in [1.54, 1.807) is 9.80 Å². The number of hydrogen-bond donors (Lipinski definition) is 2. The SMILES string of the molecule is Clc1ccc(Oc2cccc(C[NH+]3CC[NH+](Cc4ccccc4)CC3)c2)cc1. The molecule has 0 aromatic heterocycles. The number of rotatable bonds is 6. The molecule has 3 aromatic rings. The smallest absolute Gasteiger partial charge is 0.127 e. The standard InChI is InChI=1S/C24H25ClN2O/c25-22-9-11-23(12-10-22)28-24-8-4-7-21(17-24)19-27-15-13-26(14-16-27)18-20-5-2-1-3-6-20/h1-12,17H,13-16,18-19H2/p+2. The molecule has 1 saturated heterocycles. The van der Waals surface area contributed by atoms with Crippen LogP contribution in [0.2, 0.25) is 5.02 Å². The van der Waals surface area contributed by atoms with Gasteiger partial charge in [0.05, 0.1) is 0 Å². The van der Waals surface area contributed by atoms with Crippen LogP contribution in [0.15, 0.2) is 78.9 Å². The van der Waals surface area contributed by atoms with E-state index < -0.39 is 0 Å². The topological polar surface area (TPSA) is 18.1 Å². The van der Waals surface area contributed by atoms with Gasteiger partial charge >= 0.3 is 0 Å². The van der Waals surface area contributed by atoms with E-state index in [0.717, 1.165) is 29.6 Å². The number of benzene rings is 3. The summed E-state index contributed by atoms with van der Waals surface area (Å²) in [6, 6.07) is 26.8. The van der Waals surface area contributed by atoms with Crippen LogP contribution in [-0.4, -0.2) is 26.2 Å². The summed E-state index contributed by atoms with van der Waals surface area (Å²) in [5, 5.41) is 0.721. The lowest BCUT2D eigenvalue weighted by Crippen LogP contribution is -3.27. The van der Waals surface area contributed by atoms with Gasteiger partial charge in [0.1, 0.15) is 50.8 Å². The van der Waals surface area contributed by atoms with Gasteiger partial charge in [-0.15, -0.1) is 0 Å². The van der Waals surface area contributed by atoms with Crippen molar-refractivity contribution in [3.05, 3.63) is 95.0 Å². The summed E-state index contributed by atoms with van der Waals surface area (Å²) >= 11 is 5.94. The van der Waals surface area contributed by atoms with Crippen molar-refractivity contribution in [1.82, 2.24) is 0 Å². The fourth-order valence-electron chi connectivity index (χ4n) is 3.84. The van der Waals surface area contributed by atoms with Crippen molar-refractivity contribution in [3.8, 4) is 11.5 Å². The molecule has 2 N–H and O–H groups in total. The second-order valence-electron chi connectivity index (χ2n) is 7.54. The summed E-state index contributed by atoms with van der Waals surface area (Å²) in [6.07, 6.45) is 0. The summed E-state index contributed by atoms with van der Waals surface area (Å²) in [4.78, 5) is 3.34. The van der Waals surface area contributed by atoms with Gasteiger partial charge in [0, 0.05) is 16.1 Å². The van der Waals surface area contributed by atoms with E-state index in [2.05, 4.69) is 48.5 Å². The Balaban J connectivity index is 1.29. The van der Waals surface area contributed by atoms with E-state index in [0.29, 0.717) is 0 Å². The molecule has 4 heteroatoms. The molecule has 1 aliphatic heterocycles. The van der Waals surface area contributed by atoms with Gasteiger partial charge in [0.25, 0.3) is 0 Å². The number of hydrogen-bond acceptors (Lipinski definition) is 1. The monoisotopic (exact) mass is 394 g/mol. The Morgan fingerprint density at radius 1 is 0.643 bits per heavy atom. The molecular weight excluding hydrogens is 368 g/mol. The lowest BCUT2D eigenvalue weighted by molar-refractivity contribution is -1.02. The normalized spacial score (nSPS) is 19.3. The summed E-state index contributed by atoms with van der Waals surface area (Å²) < 4.78 is 5.97. The Bertz CT molecular complexity index is 875. The zero-order chi connectivity index (χ0) is 19.2. The third-order valence-corrected chi connectivity index (χ3v) is 5.62. The van der Waals surface area contributed by atoms with Gasteiger partial charge in [0.15, 0.2) is 0 Å². The van der Waals surface area contributed by atoms with Gasteiger partial charge in [-0.05, 0) is 36.4 Å². The highest BCUT2D eigenvalue weighted by atomic mass is 35.5. The largest absolute Gasteiger partial charge is 0.457 e. The van der Waals surface area contributed by atoms with Gasteiger partial charge in [-0.3, -0.25) is 0 Å². The molecule has 3 nitrogen and oxygen atoms in total. The molecular formula is C24H27ClN2O+2. The fraction of sp³-hybridized carbons (Fsp3) is 0.250. The molecule has 1 fully saturated rings. The van der Waals surface area contributed by atoms with Gasteiger partial charge in [-0.1, -0.05) is 54.1 Å². The Hall–Kier alpha value is -2.33. The maximum Gasteiger partial charge on any atom is 0.127 e. The van der Waals surface area contributed by atoms with Crippen LogP contribution < -0.4 is 14.5 Å². The quantitative estimate of drug-likeness (QED) is 0.657. The van der Waals surface area contributed by atoms with Crippen LogP contribution in [0.25, 0.3) is 0 Å². The molecule has 0 saturated carbocycles. The van der Waals surface area contributed by atoms with Crippen molar-refractivity contribution in [2.75, 3.05) is 26.2 Å². The third-order valence-electron chi connectivity index (χ3n) is 5.36. The Labute approximate surface area is 172 Å². The Kier molecular flexibility index (Phi) is 6.27. The van der Waals surface area contributed by atoms with Gasteiger partial charge in [0.2, 0.25) is 0 Å². The van der Waals surface area contributed by atoms with Crippen molar-refractivity contribution >= 4 is 11.6 Å². The number of piperazine rings is 1. The first kappa shape index (κ1) is 19.0. The molecule has 1 aliphatic rings. The van der Waals surface area contributed by atoms with Crippen LogP contribution in [0.5, 0.6) is 11.5 Å². The van der Waals surface area contributed by atoms with Gasteiger partial charge in [-0.25, -0.2) is 0 Å². The molecule has 3 aromatic carbocycles. The van der Waals surface area contributed by atoms with Gasteiger partial charge in [-0.2, -0.15) is 0 Å². The molecule has 0 bridgehead atoms. The minimum absolute atomic E-state index is 0.721. The first-order chi connectivity index (χ1) is 13.7. The molecule has 144 valence electrons. The van der Waals surface area contributed by atoms with Crippen LogP contribution in [0.1, 0.15) is 11.1 Å². The van der Waals surface area contributed by atoms with Crippen LogP contribution in [-0.2, 0) is 13.1 Å². The minimum atomic E-state index is 0.721. The number of halogens is 1. The second kappa shape index (κ2) is 9.24. The van der Waals surface area contributed by atoms with Crippen molar-refractivity contribution in [3.63, 3.8) is 0 Å². The minimum Gasteiger partial charge on any atom is -0.457 e. The number of ether oxygens (including phenoxy) is 1. The zero-order valence-corrected chi connectivity index (χ0v) is 16.8. The predicted molar refractivity (Wildman–Crippen MR) is 113 cm³/mol. The number of quaternary nitrogens is 2. The maximum absolute atomic E-state index is 5.97. The zero-order valence-electron chi connectivity index (χ0n) is 16.0. The molecule has 0 spiro atoms. The molecule has 0 aliphatic carbocycles. The maximum atomic E-state index is 5.97. The molecule has 0 atom stereocenters. The van der Waals surface area contributed by atoms with Crippen molar-refractivity contribution in [1.29, 1.82) is 0 Å². The number of nitrogens with one attached hydrogen (secondary N) is 2. The van der Waals surface area contributed by atoms with Crippen LogP contribution >= 0.6 is 11.6 Å². The van der Waals surface area contributed by atoms with Crippen molar-refractivity contribution in [2.45, 2.75) is 13.1 Å². The summed E-state index contributed by atoms with van der Waals surface area (Å²) in [5.74, 6) is 1.69. The van der Waals surface area contributed by atoms with Crippen molar-refractivity contribution < 1.29 is 14.5 Å². The summed E-state index contributed by atoms with van der Waals surface area (Å²) in [6.45, 7) is 7.07. The first-order valence-corrected chi connectivity index (χ1v) is 10.4. The second-order valence-corrected chi connectivity index (χ2v) is 7.98. The predicted octanol–water partition coefficient (Wildman–Crippen LogP) is 2.62. The third kappa shape index (κ3) is 5.35. The molecule has 4 rings (SSSR count). The average Bonchev–Trinajstić information content (AvgIpc) is 2.72. The highest BCUT2D eigenvalue weighted by Gasteiger charge is 2.23. The van der Waals surface area contributed by atoms with Crippen molar-refractivity contribution in [2.24, 2.45) is 0 Å². The Morgan fingerprint density at radius 3 is 1.93 bits per heavy atom. The molecule has 0 radical (unpaired) electrons. The molecule has 28 heavy (non-hydrogen) atoms. The van der Waals surface area contributed by atoms with E-state index in [-0.39, 0.29) is 0 Å². The molecule has 0 amide bonds. The highest BCUT2D eigenvalue weighted by Crippen LogP contribution is 2.23. The van der Waals surface area contributed by atoms with E-state index in [9.17, 15) is 0 Å². The van der Waals surface area contributed by atoms with E-state index in [4.69, 9.17) is 16.3 Å². The fourth-order valence-corrected chi connectivity index (χ4v) is 3.97. The summed E-state index contributed by atoms with van der Waals surface area (Å²) in [7, 11) is 0.